The average molecular weight is 228 g/mol. The van der Waals surface area contributed by atoms with Crippen molar-refractivity contribution in [2.24, 2.45) is 16.6 Å². The van der Waals surface area contributed by atoms with Crippen LogP contribution in [-0.4, -0.2) is 5.84 Å². The van der Waals surface area contributed by atoms with Gasteiger partial charge in [0, 0.05) is 11.6 Å². The van der Waals surface area contributed by atoms with Crippen molar-refractivity contribution in [2.75, 3.05) is 0 Å². The third kappa shape index (κ3) is 3.77. The van der Waals surface area contributed by atoms with Crippen molar-refractivity contribution in [3.05, 3.63) is 34.3 Å². The zero-order valence-electron chi connectivity index (χ0n) is 8.53. The molecule has 1 rings (SSSR count). The van der Waals surface area contributed by atoms with Crippen molar-refractivity contribution < 1.29 is 4.84 Å². The van der Waals surface area contributed by atoms with E-state index in [1.165, 1.54) is 0 Å². The predicted molar refractivity (Wildman–Crippen MR) is 61.4 cm³/mol. The summed E-state index contributed by atoms with van der Waals surface area (Å²) in [6, 6.07) is 5.55. The predicted octanol–water partition coefficient (Wildman–Crippen LogP) is 1.61. The monoisotopic (exact) mass is 227 g/mol. The molecule has 0 saturated heterocycles. The zero-order chi connectivity index (χ0) is 11.3. The average Bonchev–Trinajstić information content (AvgIpc) is 2.20. The molecule has 0 bridgehead atoms. The number of benzene rings is 1. The van der Waals surface area contributed by atoms with Crippen LogP contribution < -0.4 is 11.5 Å². The van der Waals surface area contributed by atoms with Crippen LogP contribution in [-0.2, 0) is 18.0 Å². The van der Waals surface area contributed by atoms with E-state index in [0.717, 1.165) is 11.1 Å². The minimum Gasteiger partial charge on any atom is -0.390 e. The summed E-state index contributed by atoms with van der Waals surface area (Å²) in [5.74, 6) is 0.392. The van der Waals surface area contributed by atoms with Gasteiger partial charge in [0.05, 0.1) is 0 Å². The van der Waals surface area contributed by atoms with E-state index in [0.29, 0.717) is 24.0 Å². The lowest BCUT2D eigenvalue weighted by Gasteiger charge is -2.04. The molecule has 0 amide bonds. The number of nitrogens with two attached hydrogens (primary N) is 2. The fraction of sp³-hybridized carbons (Fsp3) is 0.300. The molecule has 1 aromatic carbocycles. The Morgan fingerprint density at radius 3 is 2.87 bits per heavy atom. The van der Waals surface area contributed by atoms with Gasteiger partial charge in [0.25, 0.3) is 0 Å². The van der Waals surface area contributed by atoms with Crippen molar-refractivity contribution in [3.63, 3.8) is 0 Å². The SMILES string of the molecule is C/C(N)=N/OCc1ccc(Cl)c(CN)c1. The molecule has 4 nitrogen and oxygen atoms in total. The minimum atomic E-state index is 0.360. The van der Waals surface area contributed by atoms with Crippen molar-refractivity contribution in [3.8, 4) is 0 Å². The van der Waals surface area contributed by atoms with Crippen molar-refractivity contribution in [1.82, 2.24) is 0 Å². The maximum Gasteiger partial charge on any atom is 0.142 e. The van der Waals surface area contributed by atoms with Crippen LogP contribution in [0.3, 0.4) is 0 Å². The molecule has 0 aromatic heterocycles. The van der Waals surface area contributed by atoms with E-state index < -0.39 is 0 Å². The first-order valence-electron chi connectivity index (χ1n) is 4.53. The first-order valence-corrected chi connectivity index (χ1v) is 4.90. The molecule has 15 heavy (non-hydrogen) atoms. The highest BCUT2D eigenvalue weighted by Crippen LogP contribution is 2.17. The molecule has 1 aromatic rings. The molecule has 0 aliphatic carbocycles. The van der Waals surface area contributed by atoms with Crippen LogP contribution in [0.1, 0.15) is 18.1 Å². The molecule has 0 heterocycles. The molecule has 0 spiro atoms. The van der Waals surface area contributed by atoms with Crippen LogP contribution >= 0.6 is 11.6 Å². The quantitative estimate of drug-likeness (QED) is 0.466. The largest absolute Gasteiger partial charge is 0.390 e. The van der Waals surface area contributed by atoms with Gasteiger partial charge in [-0.15, -0.1) is 0 Å². The second kappa shape index (κ2) is 5.58. The van der Waals surface area contributed by atoms with Crippen molar-refractivity contribution >= 4 is 17.4 Å². The van der Waals surface area contributed by atoms with E-state index in [2.05, 4.69) is 5.16 Å². The van der Waals surface area contributed by atoms with E-state index >= 15 is 0 Å². The second-order valence-corrected chi connectivity index (χ2v) is 3.54. The van der Waals surface area contributed by atoms with Gasteiger partial charge < -0.3 is 16.3 Å². The van der Waals surface area contributed by atoms with E-state index in [1.807, 2.05) is 12.1 Å². The molecule has 0 saturated carbocycles. The van der Waals surface area contributed by atoms with Crippen LogP contribution in [0.2, 0.25) is 5.02 Å². The van der Waals surface area contributed by atoms with Crippen LogP contribution in [0.5, 0.6) is 0 Å². The molecular formula is C10H14ClN3O. The molecule has 0 aliphatic rings. The van der Waals surface area contributed by atoms with Gasteiger partial charge in [-0.2, -0.15) is 0 Å². The Morgan fingerprint density at radius 1 is 1.53 bits per heavy atom. The van der Waals surface area contributed by atoms with Gasteiger partial charge in [0.1, 0.15) is 12.4 Å². The number of nitrogens with zero attached hydrogens (tertiary/aromatic N) is 1. The molecule has 0 fully saturated rings. The normalized spacial score (nSPS) is 11.5. The summed E-state index contributed by atoms with van der Waals surface area (Å²) in [6.07, 6.45) is 0. The minimum absolute atomic E-state index is 0.360. The van der Waals surface area contributed by atoms with Gasteiger partial charge in [0.15, 0.2) is 0 Å². The zero-order valence-corrected chi connectivity index (χ0v) is 9.29. The Bertz CT molecular complexity index is 362. The molecule has 5 heteroatoms. The molecule has 0 aliphatic heterocycles. The summed E-state index contributed by atoms with van der Waals surface area (Å²) in [7, 11) is 0. The number of oxime groups is 1. The van der Waals surface area contributed by atoms with E-state index in [1.54, 1.807) is 13.0 Å². The van der Waals surface area contributed by atoms with Gasteiger partial charge in [-0.05, 0) is 30.2 Å². The molecule has 0 atom stereocenters. The fourth-order valence-electron chi connectivity index (χ4n) is 1.08. The highest BCUT2D eigenvalue weighted by atomic mass is 35.5. The lowest BCUT2D eigenvalue weighted by Crippen LogP contribution is -2.06. The lowest BCUT2D eigenvalue weighted by atomic mass is 10.1. The van der Waals surface area contributed by atoms with Crippen LogP contribution in [0.25, 0.3) is 0 Å². The Labute approximate surface area is 93.8 Å². The number of amidine groups is 1. The molecular weight excluding hydrogens is 214 g/mol. The van der Waals surface area contributed by atoms with Gasteiger partial charge in [-0.3, -0.25) is 0 Å². The first-order chi connectivity index (χ1) is 7.13. The standard InChI is InChI=1S/C10H14ClN3O/c1-7(13)14-15-6-8-2-3-10(11)9(4-8)5-12/h2-4H,5-6,12H2,1H3,(H2,13,14). The lowest BCUT2D eigenvalue weighted by molar-refractivity contribution is 0.130. The van der Waals surface area contributed by atoms with E-state index in [-0.39, 0.29) is 0 Å². The van der Waals surface area contributed by atoms with Gasteiger partial charge in [-0.25, -0.2) is 0 Å². The van der Waals surface area contributed by atoms with E-state index in [4.69, 9.17) is 27.9 Å². The summed E-state index contributed by atoms with van der Waals surface area (Å²) in [4.78, 5) is 5.00. The Kier molecular flexibility index (Phi) is 4.39. The highest BCUT2D eigenvalue weighted by molar-refractivity contribution is 6.31. The topological polar surface area (TPSA) is 73.6 Å². The summed E-state index contributed by atoms with van der Waals surface area (Å²) >= 11 is 5.91. The summed E-state index contributed by atoms with van der Waals surface area (Å²) < 4.78 is 0. The Hall–Kier alpha value is -1.26. The summed E-state index contributed by atoms with van der Waals surface area (Å²) in [5.41, 5.74) is 12.7. The molecule has 0 radical (unpaired) electrons. The second-order valence-electron chi connectivity index (χ2n) is 3.14. The van der Waals surface area contributed by atoms with E-state index in [9.17, 15) is 0 Å². The van der Waals surface area contributed by atoms with Crippen molar-refractivity contribution in [1.29, 1.82) is 0 Å². The number of hydrogen-bond acceptors (Lipinski definition) is 3. The molecule has 82 valence electrons. The van der Waals surface area contributed by atoms with Crippen molar-refractivity contribution in [2.45, 2.75) is 20.1 Å². The van der Waals surface area contributed by atoms with Gasteiger partial charge in [0.2, 0.25) is 0 Å². The smallest absolute Gasteiger partial charge is 0.142 e. The maximum absolute atomic E-state index is 5.91. The maximum atomic E-state index is 5.91. The Balaban J connectivity index is 2.66. The molecule has 4 N–H and O–H groups in total. The van der Waals surface area contributed by atoms with Gasteiger partial charge >= 0.3 is 0 Å². The number of halogens is 1. The third-order valence-electron chi connectivity index (χ3n) is 1.77. The first kappa shape index (κ1) is 11.8. The summed E-state index contributed by atoms with van der Waals surface area (Å²) in [5, 5.41) is 4.29. The highest BCUT2D eigenvalue weighted by Gasteiger charge is 2.00. The number of rotatable bonds is 4. The molecule has 0 unspecified atom stereocenters. The fourth-order valence-corrected chi connectivity index (χ4v) is 1.28. The Morgan fingerprint density at radius 2 is 2.27 bits per heavy atom. The van der Waals surface area contributed by atoms with Crippen LogP contribution in [0, 0.1) is 0 Å². The van der Waals surface area contributed by atoms with Crippen LogP contribution in [0.15, 0.2) is 23.4 Å². The van der Waals surface area contributed by atoms with Crippen LogP contribution in [0.4, 0.5) is 0 Å². The third-order valence-corrected chi connectivity index (χ3v) is 2.14. The summed E-state index contributed by atoms with van der Waals surface area (Å²) in [6.45, 7) is 2.43. The number of hydrogen-bond donors (Lipinski definition) is 2. The van der Waals surface area contributed by atoms with Gasteiger partial charge in [-0.1, -0.05) is 22.8 Å².